The van der Waals surface area contributed by atoms with E-state index < -0.39 is 0 Å². The number of nitrogens with zero attached hydrogens (tertiary/aromatic N) is 3. The van der Waals surface area contributed by atoms with Gasteiger partial charge in [0.05, 0.1) is 5.69 Å². The molecule has 84 valence electrons. The lowest BCUT2D eigenvalue weighted by molar-refractivity contribution is 0.296. The Hall–Kier alpha value is -2.60. The molecule has 0 saturated carbocycles. The number of benzene rings is 1. The van der Waals surface area contributed by atoms with Crippen molar-refractivity contribution in [1.82, 2.24) is 0 Å². The summed E-state index contributed by atoms with van der Waals surface area (Å²) in [5, 5.41) is 36.4. The summed E-state index contributed by atoms with van der Waals surface area (Å²) in [7, 11) is 0. The van der Waals surface area contributed by atoms with Crippen LogP contribution < -0.4 is 5.23 Å². The van der Waals surface area contributed by atoms with Gasteiger partial charge in [0.2, 0.25) is 0 Å². The largest absolute Gasteiger partial charge is 0.733 e. The molecule has 0 amide bonds. The molecule has 0 bridgehead atoms. The van der Waals surface area contributed by atoms with Crippen LogP contribution in [0, 0.1) is 27.9 Å². The van der Waals surface area contributed by atoms with Crippen LogP contribution in [0.15, 0.2) is 42.0 Å². The first-order valence-corrected chi connectivity index (χ1v) is 4.62. The van der Waals surface area contributed by atoms with Gasteiger partial charge in [-0.25, -0.2) is 0 Å². The zero-order chi connectivity index (χ0) is 12.7. The first-order chi connectivity index (χ1) is 8.19. The van der Waals surface area contributed by atoms with Gasteiger partial charge in [0.15, 0.2) is 0 Å². The van der Waals surface area contributed by atoms with Gasteiger partial charge < -0.3 is 10.4 Å². The third-order valence-corrected chi connectivity index (χ3v) is 1.92. The summed E-state index contributed by atoms with van der Waals surface area (Å²) in [4.78, 5) is 0. The summed E-state index contributed by atoms with van der Waals surface area (Å²) in [5.74, 6) is 0. The molecule has 0 heterocycles. The number of para-hydroxylation sites is 1. The zero-order valence-corrected chi connectivity index (χ0v) is 8.74. The molecule has 0 saturated heterocycles. The number of anilines is 1. The molecule has 1 N–H and O–H groups in total. The lowest BCUT2D eigenvalue weighted by Gasteiger charge is -2.23. The molecule has 0 aliphatic rings. The minimum Gasteiger partial charge on any atom is -0.733 e. The van der Waals surface area contributed by atoms with Crippen LogP contribution >= 0.6 is 0 Å². The van der Waals surface area contributed by atoms with Crippen molar-refractivity contribution in [3.8, 4) is 12.1 Å². The summed E-state index contributed by atoms with van der Waals surface area (Å²) >= 11 is 0. The molecule has 1 rings (SSSR count). The normalized spacial score (nSPS) is 9.41. The average molecular weight is 226 g/mol. The van der Waals surface area contributed by atoms with Crippen molar-refractivity contribution in [2.45, 2.75) is 0 Å². The van der Waals surface area contributed by atoms with Gasteiger partial charge in [-0.3, -0.25) is 5.21 Å². The number of hydrogen-bond acceptors (Lipinski definition) is 5. The third-order valence-electron chi connectivity index (χ3n) is 1.92. The maximum absolute atomic E-state index is 10.8. The number of nitriles is 2. The van der Waals surface area contributed by atoms with E-state index in [1.54, 1.807) is 30.3 Å². The van der Waals surface area contributed by atoms with Crippen molar-refractivity contribution < 1.29 is 5.21 Å². The molecule has 17 heavy (non-hydrogen) atoms. The van der Waals surface area contributed by atoms with Crippen molar-refractivity contribution in [3.63, 3.8) is 0 Å². The van der Waals surface area contributed by atoms with Gasteiger partial charge in [0.1, 0.15) is 17.7 Å². The molecule has 0 aliphatic heterocycles. The first-order valence-electron chi connectivity index (χ1n) is 4.62. The molecule has 1 aromatic carbocycles. The summed E-state index contributed by atoms with van der Waals surface area (Å²) < 4.78 is 0. The molecule has 0 atom stereocenters. The van der Waals surface area contributed by atoms with E-state index in [-0.39, 0.29) is 16.5 Å². The Morgan fingerprint density at radius 3 is 2.53 bits per heavy atom. The Morgan fingerprint density at radius 2 is 1.94 bits per heavy atom. The van der Waals surface area contributed by atoms with Gasteiger partial charge in [0.25, 0.3) is 0 Å². The second kappa shape index (κ2) is 6.09. The van der Waals surface area contributed by atoms with Gasteiger partial charge in [-0.15, -0.1) is 0 Å². The monoisotopic (exact) mass is 226 g/mol. The Balaban J connectivity index is 2.98. The highest BCUT2D eigenvalue weighted by atomic mass is 16.8. The van der Waals surface area contributed by atoms with Crippen molar-refractivity contribution in [2.24, 2.45) is 0 Å². The second-order valence-corrected chi connectivity index (χ2v) is 2.99. The van der Waals surface area contributed by atoms with E-state index in [1.165, 1.54) is 24.3 Å². The van der Waals surface area contributed by atoms with Crippen LogP contribution in [-0.2, 0) is 0 Å². The van der Waals surface area contributed by atoms with Gasteiger partial charge in [0, 0.05) is 0 Å². The number of rotatable bonds is 3. The molecule has 0 radical (unpaired) electrons. The number of hydrogen-bond donors (Lipinski definition) is 1. The Morgan fingerprint density at radius 1 is 1.29 bits per heavy atom. The smallest absolute Gasteiger partial charge is 0.129 e. The summed E-state index contributed by atoms with van der Waals surface area (Å²) in [6.07, 6.45) is 4.30. The highest BCUT2D eigenvalue weighted by molar-refractivity contribution is 5.67. The molecule has 0 spiro atoms. The maximum atomic E-state index is 10.8. The minimum absolute atomic E-state index is 0.0401. The fraction of sp³-hybridized carbons (Fsp3) is 0. The SMILES string of the molecule is N#CC(C#N)=C/C=C/c1ccccc1N([O-])O. The number of allylic oxidation sites excluding steroid dienone is 3. The van der Waals surface area contributed by atoms with Crippen LogP contribution in [0.5, 0.6) is 0 Å². The Bertz CT molecular complexity index is 517. The van der Waals surface area contributed by atoms with Gasteiger partial charge in [-0.05, 0) is 17.7 Å². The fourth-order valence-corrected chi connectivity index (χ4v) is 1.15. The third kappa shape index (κ3) is 3.47. The summed E-state index contributed by atoms with van der Waals surface area (Å²) in [5.41, 5.74) is 0.533. The lowest BCUT2D eigenvalue weighted by atomic mass is 10.1. The standard InChI is InChI=1S/C12H8N3O2/c13-8-10(9-14)4-3-6-11-5-1-2-7-12(11)15(16)17/h1-7,16H/q-1/b6-3+. The van der Waals surface area contributed by atoms with Crippen molar-refractivity contribution in [3.05, 3.63) is 52.8 Å². The highest BCUT2D eigenvalue weighted by Crippen LogP contribution is 2.19. The summed E-state index contributed by atoms with van der Waals surface area (Å²) in [6.45, 7) is 0. The van der Waals surface area contributed by atoms with Crippen molar-refractivity contribution in [1.29, 1.82) is 10.5 Å². The van der Waals surface area contributed by atoms with Crippen molar-refractivity contribution >= 4 is 11.8 Å². The highest BCUT2D eigenvalue weighted by Gasteiger charge is 1.97. The molecule has 5 nitrogen and oxygen atoms in total. The lowest BCUT2D eigenvalue weighted by Crippen LogP contribution is -2.08. The van der Waals surface area contributed by atoms with E-state index in [2.05, 4.69) is 0 Å². The fourth-order valence-electron chi connectivity index (χ4n) is 1.15. The maximum Gasteiger partial charge on any atom is 0.129 e. The van der Waals surface area contributed by atoms with E-state index in [1.807, 2.05) is 0 Å². The minimum atomic E-state index is -0.237. The molecular weight excluding hydrogens is 218 g/mol. The van der Waals surface area contributed by atoms with Gasteiger partial charge in [-0.1, -0.05) is 30.4 Å². The first kappa shape index (κ1) is 12.5. The molecular formula is C12H8N3O2-. The van der Waals surface area contributed by atoms with Gasteiger partial charge >= 0.3 is 0 Å². The molecule has 0 unspecified atom stereocenters. The van der Waals surface area contributed by atoms with Crippen LogP contribution in [0.3, 0.4) is 0 Å². The molecule has 0 aliphatic carbocycles. The zero-order valence-electron chi connectivity index (χ0n) is 8.74. The average Bonchev–Trinajstić information content (AvgIpc) is 2.35. The van der Waals surface area contributed by atoms with Gasteiger partial charge in [-0.2, -0.15) is 10.5 Å². The van der Waals surface area contributed by atoms with Crippen LogP contribution in [0.25, 0.3) is 6.08 Å². The van der Waals surface area contributed by atoms with Crippen LogP contribution in [0.1, 0.15) is 5.56 Å². The van der Waals surface area contributed by atoms with E-state index >= 15 is 0 Å². The quantitative estimate of drug-likeness (QED) is 0.485. The Labute approximate surface area is 98.3 Å². The van der Waals surface area contributed by atoms with Crippen LogP contribution in [0.4, 0.5) is 5.69 Å². The van der Waals surface area contributed by atoms with Crippen LogP contribution in [-0.4, -0.2) is 5.21 Å². The summed E-state index contributed by atoms with van der Waals surface area (Å²) in [6, 6.07) is 9.79. The van der Waals surface area contributed by atoms with E-state index in [0.29, 0.717) is 5.56 Å². The van der Waals surface area contributed by atoms with Crippen LogP contribution in [0.2, 0.25) is 0 Å². The molecule has 1 aromatic rings. The van der Waals surface area contributed by atoms with E-state index in [0.717, 1.165) is 0 Å². The van der Waals surface area contributed by atoms with E-state index in [4.69, 9.17) is 15.7 Å². The van der Waals surface area contributed by atoms with E-state index in [9.17, 15) is 5.21 Å². The molecule has 0 fully saturated rings. The Kier molecular flexibility index (Phi) is 4.46. The molecule has 5 heteroatoms. The predicted octanol–water partition coefficient (Wildman–Crippen LogP) is 2.37. The molecule has 0 aromatic heterocycles. The topological polar surface area (TPSA) is 94.1 Å². The second-order valence-electron chi connectivity index (χ2n) is 2.99. The van der Waals surface area contributed by atoms with Crippen molar-refractivity contribution in [2.75, 3.05) is 5.23 Å². The predicted molar refractivity (Wildman–Crippen MR) is 62.4 cm³/mol.